The Morgan fingerprint density at radius 1 is 0.379 bits per heavy atom. The Bertz CT molecular complexity index is 4060. The molecule has 0 saturated heterocycles. The lowest BCUT2D eigenvalue weighted by Crippen LogP contribution is -2.62. The highest BCUT2D eigenvalue weighted by molar-refractivity contribution is 6.94. The number of fused-ring (bicyclic) bond motifs is 20. The number of para-hydroxylation sites is 5. The summed E-state index contributed by atoms with van der Waals surface area (Å²) in [7, 11) is 0. The van der Waals surface area contributed by atoms with Gasteiger partial charge in [-0.15, -0.1) is 0 Å². The van der Waals surface area contributed by atoms with Crippen LogP contribution < -0.4 is 20.6 Å². The minimum atomic E-state index is -0.570. The van der Waals surface area contributed by atoms with E-state index in [0.29, 0.717) is 0 Å². The van der Waals surface area contributed by atoms with Crippen LogP contribution in [0.2, 0.25) is 0 Å². The summed E-state index contributed by atoms with van der Waals surface area (Å²) in [4.78, 5) is 5.23. The molecule has 5 heteroatoms. The molecule has 0 fully saturated rings. The highest BCUT2D eigenvalue weighted by atomic mass is 16.3. The Morgan fingerprint density at radius 2 is 1.02 bits per heavy atom. The van der Waals surface area contributed by atoms with E-state index in [1.807, 2.05) is 0 Å². The van der Waals surface area contributed by atoms with Gasteiger partial charge in [0.15, 0.2) is 5.58 Å². The number of nitrogens with zero attached hydrogens (tertiary/aromatic N) is 2. The van der Waals surface area contributed by atoms with Crippen LogP contribution in [-0.2, 0) is 5.41 Å². The van der Waals surface area contributed by atoms with Crippen LogP contribution in [0.25, 0.3) is 77.3 Å². The van der Waals surface area contributed by atoms with E-state index >= 15 is 0 Å². The van der Waals surface area contributed by atoms with Gasteiger partial charge < -0.3 is 18.5 Å². The fourth-order valence-corrected chi connectivity index (χ4v) is 12.8. The average Bonchev–Trinajstić information content (AvgIpc) is 4.05. The van der Waals surface area contributed by atoms with Gasteiger partial charge in [-0.25, -0.2) is 0 Å². The molecule has 0 bridgehead atoms. The second-order valence-corrected chi connectivity index (χ2v) is 18.2. The molecule has 16 rings (SSSR count). The Morgan fingerprint density at radius 3 is 1.83 bits per heavy atom. The Hall–Kier alpha value is -8.54. The normalized spacial score (nSPS) is 14.4. The summed E-state index contributed by atoms with van der Waals surface area (Å²) in [6, 6.07) is 78.3. The second-order valence-electron chi connectivity index (χ2n) is 18.2. The van der Waals surface area contributed by atoms with E-state index in [1.54, 1.807) is 0 Å². The van der Waals surface area contributed by atoms with E-state index in [-0.39, 0.29) is 6.85 Å². The fourth-order valence-electron chi connectivity index (χ4n) is 12.8. The average molecular weight is 839 g/mol. The van der Waals surface area contributed by atoms with Gasteiger partial charge in [0.2, 0.25) is 0 Å². The minimum Gasteiger partial charge on any atom is -0.456 e. The molecule has 2 aromatic heterocycles. The predicted octanol–water partition coefficient (Wildman–Crippen LogP) is 14.5. The Labute approximate surface area is 380 Å². The molecule has 0 N–H and O–H groups in total. The molecule has 0 radical (unpaired) electrons. The predicted molar refractivity (Wildman–Crippen MR) is 271 cm³/mol. The molecule has 10 aromatic carbocycles. The van der Waals surface area contributed by atoms with E-state index in [9.17, 15) is 0 Å². The van der Waals surface area contributed by atoms with Gasteiger partial charge in [-0.2, -0.15) is 0 Å². The maximum atomic E-state index is 7.00. The monoisotopic (exact) mass is 838 g/mol. The largest absolute Gasteiger partial charge is 0.456 e. The molecule has 12 aromatic rings. The lowest BCUT2D eigenvalue weighted by molar-refractivity contribution is 0.668. The molecule has 0 unspecified atom stereocenters. The first-order chi connectivity index (χ1) is 32.8. The van der Waals surface area contributed by atoms with Crippen LogP contribution in [0.1, 0.15) is 22.3 Å². The lowest BCUT2D eigenvalue weighted by atomic mass is 9.42. The van der Waals surface area contributed by atoms with Crippen molar-refractivity contribution in [1.29, 1.82) is 0 Å². The number of furan rings is 2. The van der Waals surface area contributed by atoms with Crippen molar-refractivity contribution in [3.8, 4) is 33.4 Å². The zero-order chi connectivity index (χ0) is 42.8. The van der Waals surface area contributed by atoms with Crippen LogP contribution in [0.15, 0.2) is 221 Å². The number of hydrogen-bond acceptors (Lipinski definition) is 4. The third-order valence-corrected chi connectivity index (χ3v) is 15.2. The van der Waals surface area contributed by atoms with Crippen molar-refractivity contribution in [2.75, 3.05) is 9.71 Å². The first kappa shape index (κ1) is 34.9. The van der Waals surface area contributed by atoms with Gasteiger partial charge in [0.05, 0.1) is 27.9 Å². The molecule has 66 heavy (non-hydrogen) atoms. The molecule has 1 aliphatic carbocycles. The summed E-state index contributed by atoms with van der Waals surface area (Å²) >= 11 is 0. The van der Waals surface area contributed by atoms with E-state index < -0.39 is 5.41 Å². The van der Waals surface area contributed by atoms with Crippen molar-refractivity contribution in [1.82, 2.24) is 0 Å². The molecule has 4 aliphatic rings. The molecule has 304 valence electrons. The highest BCUT2D eigenvalue weighted by Crippen LogP contribution is 2.65. The SMILES string of the molecule is c1ccc(-c2ccc3c(c2)-c2cc4oc5ccccc5c4c4c2B(c2cccc5c2N4c2ccccc2C52c4ccccc4-c4ccccc42)N3c2cccc3c2oc2ccccc23)cc1. The van der Waals surface area contributed by atoms with Crippen molar-refractivity contribution in [3.05, 3.63) is 235 Å². The van der Waals surface area contributed by atoms with Gasteiger partial charge in [-0.3, -0.25) is 0 Å². The van der Waals surface area contributed by atoms with Gasteiger partial charge in [0.25, 0.3) is 0 Å². The molecule has 1 spiro atoms. The Kier molecular flexibility index (Phi) is 6.54. The zero-order valence-electron chi connectivity index (χ0n) is 35.5. The summed E-state index contributed by atoms with van der Waals surface area (Å²) in [6.45, 7) is -0.248. The van der Waals surface area contributed by atoms with Crippen LogP contribution in [0.3, 0.4) is 0 Å². The summed E-state index contributed by atoms with van der Waals surface area (Å²) in [6.07, 6.45) is 0. The van der Waals surface area contributed by atoms with Gasteiger partial charge in [-0.05, 0) is 103 Å². The van der Waals surface area contributed by atoms with Crippen LogP contribution in [0, 0.1) is 0 Å². The molecule has 4 nitrogen and oxygen atoms in total. The van der Waals surface area contributed by atoms with E-state index in [4.69, 9.17) is 8.83 Å². The molecule has 5 heterocycles. The third-order valence-electron chi connectivity index (χ3n) is 15.2. The van der Waals surface area contributed by atoms with Crippen LogP contribution in [0.4, 0.5) is 28.4 Å². The van der Waals surface area contributed by atoms with Crippen molar-refractivity contribution in [2.45, 2.75) is 5.41 Å². The maximum Gasteiger partial charge on any atom is 0.333 e. The quantitative estimate of drug-likeness (QED) is 0.162. The molecule has 0 amide bonds. The Balaban J connectivity index is 1.11. The number of hydrogen-bond donors (Lipinski definition) is 0. The standard InChI is InChI=1S/C61H35BN2O2/c1-2-16-36(17-3-1)37-32-33-50-43(34-37)44-35-55-56(42-21-7-13-31-54(42)65-55)59-57(44)62(64(50)52-29-14-22-41-40-20-6-12-30-53(40)66-60(41)52)49-27-15-26-48-58(49)63(59)51-28-11-10-25-47(51)61(48)45-23-8-4-18-38(45)39-19-5-9-24-46(39)61/h1-35H. The van der Waals surface area contributed by atoms with Crippen molar-refractivity contribution >= 4 is 90.1 Å². The van der Waals surface area contributed by atoms with Crippen molar-refractivity contribution < 1.29 is 8.83 Å². The van der Waals surface area contributed by atoms with Crippen molar-refractivity contribution in [3.63, 3.8) is 0 Å². The minimum absolute atomic E-state index is 0.248. The van der Waals surface area contributed by atoms with E-state index in [0.717, 1.165) is 72.1 Å². The summed E-state index contributed by atoms with van der Waals surface area (Å²) in [5.74, 6) is 0. The van der Waals surface area contributed by atoms with Crippen LogP contribution in [-0.4, -0.2) is 6.85 Å². The molecule has 0 saturated carbocycles. The van der Waals surface area contributed by atoms with Crippen LogP contribution in [0.5, 0.6) is 0 Å². The summed E-state index contributed by atoms with van der Waals surface area (Å²) < 4.78 is 14.0. The van der Waals surface area contributed by atoms with Gasteiger partial charge in [0, 0.05) is 33.1 Å². The highest BCUT2D eigenvalue weighted by Gasteiger charge is 2.56. The molecule has 0 atom stereocenters. The van der Waals surface area contributed by atoms with Crippen LogP contribution >= 0.6 is 0 Å². The molecular weight excluding hydrogens is 803 g/mol. The fraction of sp³-hybridized carbons (Fsp3) is 0.0164. The second kappa shape index (κ2) is 12.4. The zero-order valence-corrected chi connectivity index (χ0v) is 35.5. The summed E-state index contributed by atoms with van der Waals surface area (Å²) in [5, 5.41) is 4.45. The smallest absolute Gasteiger partial charge is 0.333 e. The summed E-state index contributed by atoms with van der Waals surface area (Å²) in [5.41, 5.74) is 23.6. The molecular formula is C61H35BN2O2. The van der Waals surface area contributed by atoms with E-state index in [2.05, 4.69) is 222 Å². The molecule has 3 aliphatic heterocycles. The lowest BCUT2D eigenvalue weighted by Gasteiger charge is -2.51. The van der Waals surface area contributed by atoms with Gasteiger partial charge in [0.1, 0.15) is 16.7 Å². The third kappa shape index (κ3) is 4.14. The van der Waals surface area contributed by atoms with Crippen molar-refractivity contribution in [2.24, 2.45) is 0 Å². The van der Waals surface area contributed by atoms with Gasteiger partial charge in [-0.1, -0.05) is 170 Å². The maximum absolute atomic E-state index is 7.00. The first-order valence-electron chi connectivity index (χ1n) is 22.9. The topological polar surface area (TPSA) is 32.8 Å². The first-order valence-corrected chi connectivity index (χ1v) is 22.9. The van der Waals surface area contributed by atoms with E-state index in [1.165, 1.54) is 66.8 Å². The number of anilines is 5. The van der Waals surface area contributed by atoms with Gasteiger partial charge >= 0.3 is 6.85 Å². The number of benzene rings is 10. The number of rotatable bonds is 2.